The van der Waals surface area contributed by atoms with E-state index in [9.17, 15) is 4.79 Å². The third kappa shape index (κ3) is 1.85. The minimum absolute atomic E-state index is 0.161. The number of benzene rings is 1. The fourth-order valence-corrected chi connectivity index (χ4v) is 2.33. The maximum Gasteiger partial charge on any atom is 0.293 e. The largest absolute Gasteiger partial charge is 0.335 e. The molecule has 3 aromatic rings. The number of rotatable bonds is 2. The zero-order valence-corrected chi connectivity index (χ0v) is 11.6. The Morgan fingerprint density at radius 3 is 2.85 bits per heavy atom. The minimum Gasteiger partial charge on any atom is -0.335 e. The van der Waals surface area contributed by atoms with E-state index in [2.05, 4.69) is 15.4 Å². The monoisotopic (exact) mass is 269 g/mol. The molecular formula is C14H15N5O. The lowest BCUT2D eigenvalue weighted by molar-refractivity contribution is 0.783. The summed E-state index contributed by atoms with van der Waals surface area (Å²) >= 11 is 0. The van der Waals surface area contributed by atoms with E-state index < -0.39 is 0 Å². The van der Waals surface area contributed by atoms with Gasteiger partial charge in [0.2, 0.25) is 0 Å². The van der Waals surface area contributed by atoms with E-state index in [4.69, 9.17) is 0 Å². The summed E-state index contributed by atoms with van der Waals surface area (Å²) in [5.74, 6) is 0.311. The number of anilines is 2. The molecule has 0 aliphatic heterocycles. The molecule has 20 heavy (non-hydrogen) atoms. The van der Waals surface area contributed by atoms with Crippen molar-refractivity contribution in [1.82, 2.24) is 19.3 Å². The Labute approximate surface area is 115 Å². The number of hydrogen-bond donors (Lipinski definition) is 1. The van der Waals surface area contributed by atoms with E-state index in [1.54, 1.807) is 19.4 Å². The summed E-state index contributed by atoms with van der Waals surface area (Å²) in [5.41, 5.74) is 2.61. The predicted molar refractivity (Wildman–Crippen MR) is 78.2 cm³/mol. The number of nitrogens with zero attached hydrogens (tertiary/aromatic N) is 4. The summed E-state index contributed by atoms with van der Waals surface area (Å²) in [4.78, 5) is 16.1. The molecule has 6 nitrogen and oxygen atoms in total. The molecular weight excluding hydrogens is 254 g/mol. The summed E-state index contributed by atoms with van der Waals surface area (Å²) in [7, 11) is 3.60. The zero-order valence-electron chi connectivity index (χ0n) is 11.6. The molecule has 3 rings (SSSR count). The van der Waals surface area contributed by atoms with Crippen LogP contribution < -0.4 is 10.9 Å². The molecule has 0 saturated heterocycles. The Morgan fingerprint density at radius 2 is 2.05 bits per heavy atom. The van der Waals surface area contributed by atoms with Crippen molar-refractivity contribution in [2.45, 2.75) is 6.92 Å². The third-order valence-corrected chi connectivity index (χ3v) is 3.32. The molecule has 0 aliphatic carbocycles. The maximum absolute atomic E-state index is 12.0. The molecule has 102 valence electrons. The Morgan fingerprint density at radius 1 is 1.25 bits per heavy atom. The highest BCUT2D eigenvalue weighted by Gasteiger charge is 2.11. The van der Waals surface area contributed by atoms with Crippen LogP contribution in [0.3, 0.4) is 0 Å². The SMILES string of the molecule is Cc1nn(C)c2cccc(Nc3nccn(C)c3=O)c12. The first kappa shape index (κ1) is 12.4. The third-order valence-electron chi connectivity index (χ3n) is 3.32. The standard InChI is InChI=1S/C14H15N5O/c1-9-12-10(5-4-6-11(12)19(3)17-9)16-13-14(20)18(2)8-7-15-13/h4-8H,1-3H3,(H,15,16). The van der Waals surface area contributed by atoms with Gasteiger partial charge in [-0.15, -0.1) is 0 Å². The molecule has 1 aromatic carbocycles. The highest BCUT2D eigenvalue weighted by atomic mass is 16.1. The maximum atomic E-state index is 12.0. The summed E-state index contributed by atoms with van der Waals surface area (Å²) in [6, 6.07) is 5.85. The number of nitrogens with one attached hydrogen (secondary N) is 1. The average Bonchev–Trinajstić information content (AvgIpc) is 2.72. The Balaban J connectivity index is 2.16. The van der Waals surface area contributed by atoms with Crippen molar-refractivity contribution in [3.63, 3.8) is 0 Å². The quantitative estimate of drug-likeness (QED) is 0.769. The van der Waals surface area contributed by atoms with Gasteiger partial charge in [0, 0.05) is 31.9 Å². The number of aromatic nitrogens is 4. The summed E-state index contributed by atoms with van der Waals surface area (Å²) in [5, 5.41) is 8.52. The molecule has 0 bridgehead atoms. The Bertz CT molecular complexity index is 846. The molecule has 1 N–H and O–H groups in total. The van der Waals surface area contributed by atoms with Crippen LogP contribution in [-0.2, 0) is 14.1 Å². The van der Waals surface area contributed by atoms with Crippen molar-refractivity contribution in [1.29, 1.82) is 0 Å². The summed E-state index contributed by atoms with van der Waals surface area (Å²) < 4.78 is 3.32. The molecule has 0 aliphatic rings. The lowest BCUT2D eigenvalue weighted by Crippen LogP contribution is -2.20. The molecule has 0 saturated carbocycles. The van der Waals surface area contributed by atoms with Gasteiger partial charge in [0.05, 0.1) is 16.9 Å². The van der Waals surface area contributed by atoms with Gasteiger partial charge >= 0.3 is 0 Å². The van der Waals surface area contributed by atoms with Crippen LogP contribution in [0.1, 0.15) is 5.69 Å². The van der Waals surface area contributed by atoms with Crippen molar-refractivity contribution in [3.8, 4) is 0 Å². The van der Waals surface area contributed by atoms with Gasteiger partial charge in [-0.2, -0.15) is 5.10 Å². The first-order valence-electron chi connectivity index (χ1n) is 6.29. The van der Waals surface area contributed by atoms with Crippen molar-refractivity contribution >= 4 is 22.4 Å². The van der Waals surface area contributed by atoms with E-state index in [-0.39, 0.29) is 5.56 Å². The van der Waals surface area contributed by atoms with Gasteiger partial charge < -0.3 is 9.88 Å². The van der Waals surface area contributed by atoms with E-state index in [0.29, 0.717) is 5.82 Å². The predicted octanol–water partition coefficient (Wildman–Crippen LogP) is 1.72. The van der Waals surface area contributed by atoms with Crippen molar-refractivity contribution in [2.24, 2.45) is 14.1 Å². The average molecular weight is 269 g/mol. The smallest absolute Gasteiger partial charge is 0.293 e. The summed E-state index contributed by atoms with van der Waals surface area (Å²) in [6.07, 6.45) is 3.23. The fourth-order valence-electron chi connectivity index (χ4n) is 2.33. The van der Waals surface area contributed by atoms with Crippen LogP contribution >= 0.6 is 0 Å². The molecule has 0 atom stereocenters. The lowest BCUT2D eigenvalue weighted by atomic mass is 10.2. The minimum atomic E-state index is -0.161. The van der Waals surface area contributed by atoms with Gasteiger partial charge in [0.25, 0.3) is 5.56 Å². The number of fused-ring (bicyclic) bond motifs is 1. The van der Waals surface area contributed by atoms with Crippen molar-refractivity contribution in [3.05, 3.63) is 46.6 Å². The fraction of sp³-hybridized carbons (Fsp3) is 0.214. The van der Waals surface area contributed by atoms with Gasteiger partial charge in [-0.3, -0.25) is 9.48 Å². The van der Waals surface area contributed by atoms with Crippen molar-refractivity contribution < 1.29 is 0 Å². The molecule has 0 fully saturated rings. The molecule has 0 spiro atoms. The van der Waals surface area contributed by atoms with Crippen LogP contribution in [0.15, 0.2) is 35.4 Å². The number of hydrogen-bond acceptors (Lipinski definition) is 4. The van der Waals surface area contributed by atoms with E-state index in [0.717, 1.165) is 22.3 Å². The van der Waals surface area contributed by atoms with Crippen LogP contribution in [-0.4, -0.2) is 19.3 Å². The molecule has 0 unspecified atom stereocenters. The lowest BCUT2D eigenvalue weighted by Gasteiger charge is -2.07. The summed E-state index contributed by atoms with van der Waals surface area (Å²) in [6.45, 7) is 1.95. The second-order valence-electron chi connectivity index (χ2n) is 4.73. The highest BCUT2D eigenvalue weighted by molar-refractivity contribution is 5.95. The number of aryl methyl sites for hydroxylation is 3. The molecule has 0 amide bonds. The first-order valence-corrected chi connectivity index (χ1v) is 6.29. The molecule has 2 aromatic heterocycles. The highest BCUT2D eigenvalue weighted by Crippen LogP contribution is 2.27. The van der Waals surface area contributed by atoms with Crippen LogP contribution in [0, 0.1) is 6.92 Å². The van der Waals surface area contributed by atoms with Crippen LogP contribution in [0.5, 0.6) is 0 Å². The molecule has 2 heterocycles. The van der Waals surface area contributed by atoms with Crippen molar-refractivity contribution in [2.75, 3.05) is 5.32 Å². The zero-order chi connectivity index (χ0) is 14.3. The van der Waals surface area contributed by atoms with Gasteiger partial charge in [0.15, 0.2) is 5.82 Å². The normalized spacial score (nSPS) is 10.9. The Kier molecular flexibility index (Phi) is 2.78. The van der Waals surface area contributed by atoms with Crippen LogP contribution in [0.25, 0.3) is 10.9 Å². The van der Waals surface area contributed by atoms with Gasteiger partial charge in [-0.1, -0.05) is 6.07 Å². The topological polar surface area (TPSA) is 64.7 Å². The second kappa shape index (κ2) is 4.48. The second-order valence-corrected chi connectivity index (χ2v) is 4.73. The van der Waals surface area contributed by atoms with Gasteiger partial charge in [0.1, 0.15) is 0 Å². The molecule has 0 radical (unpaired) electrons. The van der Waals surface area contributed by atoms with E-state index >= 15 is 0 Å². The molecule has 6 heteroatoms. The first-order chi connectivity index (χ1) is 9.58. The van der Waals surface area contributed by atoms with Crippen LogP contribution in [0.4, 0.5) is 11.5 Å². The van der Waals surface area contributed by atoms with Gasteiger partial charge in [-0.25, -0.2) is 4.98 Å². The Hall–Kier alpha value is -2.63. The van der Waals surface area contributed by atoms with E-state index in [1.807, 2.05) is 36.9 Å². The van der Waals surface area contributed by atoms with Gasteiger partial charge in [-0.05, 0) is 19.1 Å². The van der Waals surface area contributed by atoms with Crippen LogP contribution in [0.2, 0.25) is 0 Å². The van der Waals surface area contributed by atoms with E-state index in [1.165, 1.54) is 4.57 Å².